The third-order valence-electron chi connectivity index (χ3n) is 4.20. The van der Waals surface area contributed by atoms with Crippen molar-refractivity contribution in [3.05, 3.63) is 47.3 Å². The Hall–Kier alpha value is -2.56. The molecule has 10 heteroatoms. The zero-order valence-corrected chi connectivity index (χ0v) is 16.5. The van der Waals surface area contributed by atoms with E-state index in [0.29, 0.717) is 6.61 Å². The molecule has 9 nitrogen and oxygen atoms in total. The monoisotopic (exact) mass is 405 g/mol. The SMILES string of the molecule is Cc1cc(C)nc(NNC(=O)c2cccc(S(=O)(=O)NCC3CCCO3)c2)n1. The number of hydrogen-bond donors (Lipinski definition) is 3. The minimum atomic E-state index is -3.74. The molecule has 1 atom stereocenters. The minimum Gasteiger partial charge on any atom is -0.377 e. The Morgan fingerprint density at radius 3 is 2.64 bits per heavy atom. The number of anilines is 1. The van der Waals surface area contributed by atoms with E-state index in [1.165, 1.54) is 24.3 Å². The molecule has 3 N–H and O–H groups in total. The highest BCUT2D eigenvalue weighted by Crippen LogP contribution is 2.14. The first-order valence-electron chi connectivity index (χ1n) is 8.93. The van der Waals surface area contributed by atoms with Gasteiger partial charge in [-0.1, -0.05) is 6.07 Å². The molecule has 1 fully saturated rings. The highest BCUT2D eigenvalue weighted by molar-refractivity contribution is 7.89. The van der Waals surface area contributed by atoms with Crippen LogP contribution in [0.4, 0.5) is 5.95 Å². The Bertz CT molecular complexity index is 938. The summed E-state index contributed by atoms with van der Waals surface area (Å²) in [4.78, 5) is 20.7. The summed E-state index contributed by atoms with van der Waals surface area (Å²) in [7, 11) is -3.74. The van der Waals surface area contributed by atoms with Gasteiger partial charge in [0.05, 0.1) is 11.0 Å². The molecule has 1 amide bonds. The summed E-state index contributed by atoms with van der Waals surface area (Å²) in [5.74, 6) is -0.244. The lowest BCUT2D eigenvalue weighted by molar-refractivity contribution is 0.0962. The predicted octanol–water partition coefficient (Wildman–Crippen LogP) is 1.31. The van der Waals surface area contributed by atoms with Gasteiger partial charge in [0, 0.05) is 30.1 Å². The van der Waals surface area contributed by atoms with Crippen molar-refractivity contribution in [3.8, 4) is 0 Å². The minimum absolute atomic E-state index is 0.0146. The molecule has 2 aromatic rings. The summed E-state index contributed by atoms with van der Waals surface area (Å²) in [5, 5.41) is 0. The first-order valence-corrected chi connectivity index (χ1v) is 10.4. The highest BCUT2D eigenvalue weighted by atomic mass is 32.2. The Morgan fingerprint density at radius 2 is 1.96 bits per heavy atom. The topological polar surface area (TPSA) is 122 Å². The third-order valence-corrected chi connectivity index (χ3v) is 5.62. The maximum absolute atomic E-state index is 12.5. The summed E-state index contributed by atoms with van der Waals surface area (Å²) in [6, 6.07) is 7.61. The van der Waals surface area contributed by atoms with Crippen molar-refractivity contribution in [1.82, 2.24) is 20.1 Å². The molecule has 0 bridgehead atoms. The summed E-state index contributed by atoms with van der Waals surface area (Å²) < 4.78 is 32.9. The first kappa shape index (κ1) is 20.2. The maximum Gasteiger partial charge on any atom is 0.269 e. The Kier molecular flexibility index (Phi) is 6.22. The molecule has 1 aromatic carbocycles. The van der Waals surface area contributed by atoms with Crippen LogP contribution in [0.2, 0.25) is 0 Å². The zero-order valence-electron chi connectivity index (χ0n) is 15.7. The number of nitrogens with zero attached hydrogens (tertiary/aromatic N) is 2. The van der Waals surface area contributed by atoms with E-state index in [-0.39, 0.29) is 29.1 Å². The van der Waals surface area contributed by atoms with Crippen molar-refractivity contribution in [2.45, 2.75) is 37.7 Å². The third kappa shape index (κ3) is 5.24. The van der Waals surface area contributed by atoms with E-state index in [2.05, 4.69) is 25.5 Å². The second-order valence-corrected chi connectivity index (χ2v) is 8.34. The van der Waals surface area contributed by atoms with E-state index in [4.69, 9.17) is 4.74 Å². The number of benzene rings is 1. The number of rotatable bonds is 7. The maximum atomic E-state index is 12.5. The standard InChI is InChI=1S/C18H23N5O4S/c1-12-9-13(2)21-18(20-12)23-22-17(24)14-5-3-7-16(10-14)28(25,26)19-11-15-6-4-8-27-15/h3,5,7,9-10,15,19H,4,6,8,11H2,1-2H3,(H,22,24)(H,20,21,23). The Morgan fingerprint density at radius 1 is 1.21 bits per heavy atom. The van der Waals surface area contributed by atoms with Crippen LogP contribution in [0.1, 0.15) is 34.6 Å². The molecule has 0 radical (unpaired) electrons. The van der Waals surface area contributed by atoms with Crippen LogP contribution in [0, 0.1) is 13.8 Å². The fourth-order valence-corrected chi connectivity index (χ4v) is 3.97. The molecule has 28 heavy (non-hydrogen) atoms. The van der Waals surface area contributed by atoms with Crippen molar-refractivity contribution in [3.63, 3.8) is 0 Å². The molecule has 2 heterocycles. The van der Waals surface area contributed by atoms with Crippen LogP contribution in [0.3, 0.4) is 0 Å². The van der Waals surface area contributed by atoms with Crippen LogP contribution >= 0.6 is 0 Å². The number of hydrazine groups is 1. The average Bonchev–Trinajstić information content (AvgIpc) is 3.18. The van der Waals surface area contributed by atoms with E-state index in [0.717, 1.165) is 24.2 Å². The molecule has 1 aliphatic heterocycles. The quantitative estimate of drug-likeness (QED) is 0.594. The van der Waals surface area contributed by atoms with Crippen LogP contribution in [-0.4, -0.2) is 43.5 Å². The molecular formula is C18H23N5O4S. The number of aromatic nitrogens is 2. The van der Waals surface area contributed by atoms with Crippen molar-refractivity contribution < 1.29 is 17.9 Å². The van der Waals surface area contributed by atoms with E-state index >= 15 is 0 Å². The number of amides is 1. The smallest absolute Gasteiger partial charge is 0.269 e. The Balaban J connectivity index is 1.65. The fraction of sp³-hybridized carbons (Fsp3) is 0.389. The number of ether oxygens (including phenoxy) is 1. The summed E-state index contributed by atoms with van der Waals surface area (Å²) in [5.41, 5.74) is 6.83. The van der Waals surface area contributed by atoms with Gasteiger partial charge in [0.2, 0.25) is 16.0 Å². The second-order valence-electron chi connectivity index (χ2n) is 6.57. The number of carbonyl (C=O) groups excluding carboxylic acids is 1. The molecule has 3 rings (SSSR count). The first-order chi connectivity index (χ1) is 13.3. The van der Waals surface area contributed by atoms with E-state index in [1.54, 1.807) is 0 Å². The van der Waals surface area contributed by atoms with Crippen LogP contribution in [0.5, 0.6) is 0 Å². The van der Waals surface area contributed by atoms with E-state index < -0.39 is 15.9 Å². The van der Waals surface area contributed by atoms with Crippen molar-refractivity contribution >= 4 is 21.9 Å². The van der Waals surface area contributed by atoms with Crippen molar-refractivity contribution in [1.29, 1.82) is 0 Å². The number of carbonyl (C=O) groups is 1. The largest absolute Gasteiger partial charge is 0.377 e. The van der Waals surface area contributed by atoms with E-state index in [9.17, 15) is 13.2 Å². The van der Waals surface area contributed by atoms with Crippen LogP contribution in [0.15, 0.2) is 35.2 Å². The molecule has 0 aliphatic carbocycles. The summed E-state index contributed by atoms with van der Waals surface area (Å²) >= 11 is 0. The van der Waals surface area contributed by atoms with E-state index in [1.807, 2.05) is 19.9 Å². The summed E-state index contributed by atoms with van der Waals surface area (Å²) in [6.07, 6.45) is 1.65. The van der Waals surface area contributed by atoms with Crippen molar-refractivity contribution in [2.24, 2.45) is 0 Å². The number of aryl methyl sites for hydroxylation is 2. The van der Waals surface area contributed by atoms with Gasteiger partial charge in [-0.3, -0.25) is 15.6 Å². The molecule has 150 valence electrons. The lowest BCUT2D eigenvalue weighted by Crippen LogP contribution is -2.32. The van der Waals surface area contributed by atoms with Gasteiger partial charge >= 0.3 is 0 Å². The summed E-state index contributed by atoms with van der Waals surface area (Å²) in [6.45, 7) is 4.50. The van der Waals surface area contributed by atoms with Crippen LogP contribution < -0.4 is 15.6 Å². The van der Waals surface area contributed by atoms with Crippen LogP contribution in [-0.2, 0) is 14.8 Å². The average molecular weight is 405 g/mol. The molecule has 1 aliphatic rings. The highest BCUT2D eigenvalue weighted by Gasteiger charge is 2.21. The second kappa shape index (κ2) is 8.63. The molecule has 1 saturated heterocycles. The van der Waals surface area contributed by atoms with Gasteiger partial charge in [-0.2, -0.15) is 0 Å². The Labute approximate surface area is 163 Å². The van der Waals surface area contributed by atoms with Gasteiger partial charge in [0.25, 0.3) is 5.91 Å². The van der Waals surface area contributed by atoms with Gasteiger partial charge in [0.15, 0.2) is 0 Å². The number of nitrogens with one attached hydrogen (secondary N) is 3. The van der Waals surface area contributed by atoms with Crippen molar-refractivity contribution in [2.75, 3.05) is 18.6 Å². The molecule has 1 aromatic heterocycles. The lowest BCUT2D eigenvalue weighted by Gasteiger charge is -2.12. The van der Waals surface area contributed by atoms with Gasteiger partial charge < -0.3 is 4.74 Å². The molecular weight excluding hydrogens is 382 g/mol. The normalized spacial score (nSPS) is 16.7. The van der Waals surface area contributed by atoms with Crippen LogP contribution in [0.25, 0.3) is 0 Å². The predicted molar refractivity (Wildman–Crippen MR) is 103 cm³/mol. The van der Waals surface area contributed by atoms with Gasteiger partial charge in [-0.25, -0.2) is 23.1 Å². The zero-order chi connectivity index (χ0) is 20.1. The number of hydrogen-bond acceptors (Lipinski definition) is 7. The molecule has 0 saturated carbocycles. The van der Waals surface area contributed by atoms with Gasteiger partial charge in [-0.15, -0.1) is 0 Å². The van der Waals surface area contributed by atoms with Gasteiger partial charge in [0.1, 0.15) is 0 Å². The lowest BCUT2D eigenvalue weighted by atomic mass is 10.2. The number of sulfonamides is 1. The fourth-order valence-electron chi connectivity index (χ4n) is 2.86. The van der Waals surface area contributed by atoms with Gasteiger partial charge in [-0.05, 0) is 51.0 Å². The molecule has 0 spiro atoms. The molecule has 1 unspecified atom stereocenters.